The largest absolute Gasteiger partial charge is 0.497 e. The van der Waals surface area contributed by atoms with Crippen LogP contribution < -0.4 is 4.74 Å². The van der Waals surface area contributed by atoms with E-state index in [0.29, 0.717) is 30.1 Å². The van der Waals surface area contributed by atoms with Gasteiger partial charge in [0, 0.05) is 31.7 Å². The van der Waals surface area contributed by atoms with E-state index in [2.05, 4.69) is 15.5 Å². The lowest BCUT2D eigenvalue weighted by Gasteiger charge is -2.34. The minimum absolute atomic E-state index is 0.161. The van der Waals surface area contributed by atoms with E-state index in [-0.39, 0.29) is 23.9 Å². The van der Waals surface area contributed by atoms with Crippen LogP contribution in [0.4, 0.5) is 0 Å². The van der Waals surface area contributed by atoms with Crippen molar-refractivity contribution in [3.05, 3.63) is 60.4 Å². The summed E-state index contributed by atoms with van der Waals surface area (Å²) in [6, 6.07) is 13.3. The van der Waals surface area contributed by atoms with E-state index in [9.17, 15) is 13.2 Å². The van der Waals surface area contributed by atoms with E-state index in [1.165, 1.54) is 34.6 Å². The Bertz CT molecular complexity index is 1120. The van der Waals surface area contributed by atoms with E-state index in [4.69, 9.17) is 4.74 Å². The molecule has 11 heteroatoms. The molecular weight excluding hydrogens is 408 g/mol. The molecule has 4 rings (SSSR count). The fourth-order valence-electron chi connectivity index (χ4n) is 3.27. The Kier molecular flexibility index (Phi) is 5.46. The Labute approximate surface area is 173 Å². The number of carbonyl (C=O) groups is 1. The average molecular weight is 428 g/mol. The second-order valence-corrected chi connectivity index (χ2v) is 8.61. The SMILES string of the molecule is COc1ccc(S(=O)(=O)N2CCN(C(=O)c3cccc(-n4cnnn4)c3)CC2)cc1. The van der Waals surface area contributed by atoms with Crippen LogP contribution in [0.1, 0.15) is 10.4 Å². The van der Waals surface area contributed by atoms with Crippen molar-refractivity contribution in [1.82, 2.24) is 29.4 Å². The molecule has 2 aromatic carbocycles. The summed E-state index contributed by atoms with van der Waals surface area (Å²) in [5, 5.41) is 11.0. The highest BCUT2D eigenvalue weighted by molar-refractivity contribution is 7.89. The third-order valence-electron chi connectivity index (χ3n) is 4.93. The predicted molar refractivity (Wildman–Crippen MR) is 107 cm³/mol. The summed E-state index contributed by atoms with van der Waals surface area (Å²) in [5.74, 6) is 0.430. The molecule has 1 saturated heterocycles. The average Bonchev–Trinajstić information content (AvgIpc) is 3.34. The highest BCUT2D eigenvalue weighted by Gasteiger charge is 2.30. The van der Waals surface area contributed by atoms with Crippen molar-refractivity contribution in [2.24, 2.45) is 0 Å². The fraction of sp³-hybridized carbons (Fsp3) is 0.263. The number of ether oxygens (including phenoxy) is 1. The van der Waals surface area contributed by atoms with Crippen LogP contribution in [0.25, 0.3) is 5.69 Å². The Balaban J connectivity index is 1.44. The highest BCUT2D eigenvalue weighted by Crippen LogP contribution is 2.21. The van der Waals surface area contributed by atoms with Crippen LogP contribution in [0.15, 0.2) is 59.8 Å². The standard InChI is InChI=1S/C19H20N6O4S/c1-29-17-5-7-18(8-6-17)30(27,28)24-11-9-23(10-12-24)19(26)15-3-2-4-16(13-15)25-14-20-21-22-25/h2-8,13-14H,9-12H2,1H3. The van der Waals surface area contributed by atoms with Gasteiger partial charge in [-0.1, -0.05) is 6.07 Å². The minimum Gasteiger partial charge on any atom is -0.497 e. The lowest BCUT2D eigenvalue weighted by Crippen LogP contribution is -2.50. The van der Waals surface area contributed by atoms with Crippen LogP contribution in [0.2, 0.25) is 0 Å². The van der Waals surface area contributed by atoms with E-state index >= 15 is 0 Å². The van der Waals surface area contributed by atoms with Gasteiger partial charge < -0.3 is 9.64 Å². The summed E-state index contributed by atoms with van der Waals surface area (Å²) in [4.78, 5) is 14.8. The summed E-state index contributed by atoms with van der Waals surface area (Å²) >= 11 is 0. The molecule has 0 aliphatic carbocycles. The molecule has 0 bridgehead atoms. The number of carbonyl (C=O) groups excluding carboxylic acids is 1. The zero-order valence-electron chi connectivity index (χ0n) is 16.2. The number of tetrazole rings is 1. The normalized spacial score (nSPS) is 15.2. The molecule has 0 spiro atoms. The molecule has 0 N–H and O–H groups in total. The third-order valence-corrected chi connectivity index (χ3v) is 6.84. The van der Waals surface area contributed by atoms with Crippen molar-refractivity contribution in [3.63, 3.8) is 0 Å². The summed E-state index contributed by atoms with van der Waals surface area (Å²) in [7, 11) is -2.10. The second kappa shape index (κ2) is 8.20. The van der Waals surface area contributed by atoms with Crippen molar-refractivity contribution in [1.29, 1.82) is 0 Å². The minimum atomic E-state index is -3.62. The maximum Gasteiger partial charge on any atom is 0.254 e. The number of benzene rings is 2. The van der Waals surface area contributed by atoms with Crippen molar-refractivity contribution in [3.8, 4) is 11.4 Å². The molecule has 1 aliphatic heterocycles. The number of nitrogens with zero attached hydrogens (tertiary/aromatic N) is 6. The van der Waals surface area contributed by atoms with Gasteiger partial charge in [0.05, 0.1) is 17.7 Å². The van der Waals surface area contributed by atoms with Gasteiger partial charge in [-0.3, -0.25) is 4.79 Å². The van der Waals surface area contributed by atoms with E-state index in [1.54, 1.807) is 41.3 Å². The number of sulfonamides is 1. The van der Waals surface area contributed by atoms with Crippen LogP contribution in [0.3, 0.4) is 0 Å². The summed E-state index contributed by atoms with van der Waals surface area (Å²) < 4.78 is 33.7. The van der Waals surface area contributed by atoms with Gasteiger partial charge in [-0.25, -0.2) is 13.1 Å². The maximum atomic E-state index is 12.9. The van der Waals surface area contributed by atoms with Crippen LogP contribution in [0.5, 0.6) is 5.75 Å². The van der Waals surface area contributed by atoms with Crippen LogP contribution in [-0.4, -0.2) is 77.0 Å². The molecule has 156 valence electrons. The van der Waals surface area contributed by atoms with Gasteiger partial charge in [0.15, 0.2) is 0 Å². The molecule has 10 nitrogen and oxygen atoms in total. The molecular formula is C19H20N6O4S. The topological polar surface area (TPSA) is 111 Å². The fourth-order valence-corrected chi connectivity index (χ4v) is 4.69. The summed E-state index contributed by atoms with van der Waals surface area (Å²) in [6.07, 6.45) is 1.45. The zero-order chi connectivity index (χ0) is 21.1. The van der Waals surface area contributed by atoms with E-state index in [1.807, 2.05) is 0 Å². The zero-order valence-corrected chi connectivity index (χ0v) is 17.1. The van der Waals surface area contributed by atoms with Gasteiger partial charge >= 0.3 is 0 Å². The Hall–Kier alpha value is -3.31. The molecule has 3 aromatic rings. The molecule has 2 heterocycles. The van der Waals surface area contributed by atoms with Crippen molar-refractivity contribution in [2.45, 2.75) is 4.90 Å². The lowest BCUT2D eigenvalue weighted by molar-refractivity contribution is 0.0698. The van der Waals surface area contributed by atoms with Gasteiger partial charge in [0.1, 0.15) is 12.1 Å². The van der Waals surface area contributed by atoms with Crippen LogP contribution >= 0.6 is 0 Å². The molecule has 0 saturated carbocycles. The van der Waals surface area contributed by atoms with Gasteiger partial charge in [0.25, 0.3) is 5.91 Å². The molecule has 1 aromatic heterocycles. The molecule has 1 amide bonds. The Morgan fingerprint density at radius 1 is 1.03 bits per heavy atom. The number of methoxy groups -OCH3 is 1. The molecule has 1 fully saturated rings. The van der Waals surface area contributed by atoms with E-state index in [0.717, 1.165) is 0 Å². The van der Waals surface area contributed by atoms with Gasteiger partial charge in [-0.05, 0) is 52.9 Å². The molecule has 0 atom stereocenters. The number of hydrogen-bond donors (Lipinski definition) is 0. The molecule has 1 aliphatic rings. The van der Waals surface area contributed by atoms with Gasteiger partial charge in [-0.2, -0.15) is 4.31 Å². The molecule has 30 heavy (non-hydrogen) atoms. The maximum absolute atomic E-state index is 12.9. The lowest BCUT2D eigenvalue weighted by atomic mass is 10.1. The van der Waals surface area contributed by atoms with E-state index < -0.39 is 10.0 Å². The highest BCUT2D eigenvalue weighted by atomic mass is 32.2. The molecule has 0 radical (unpaired) electrons. The monoisotopic (exact) mass is 428 g/mol. The van der Waals surface area contributed by atoms with Crippen LogP contribution in [-0.2, 0) is 10.0 Å². The Morgan fingerprint density at radius 3 is 2.40 bits per heavy atom. The Morgan fingerprint density at radius 2 is 1.77 bits per heavy atom. The predicted octanol–water partition coefficient (Wildman–Crippen LogP) is 0.818. The first-order valence-electron chi connectivity index (χ1n) is 9.26. The summed E-state index contributed by atoms with van der Waals surface area (Å²) in [6.45, 7) is 1.08. The van der Waals surface area contributed by atoms with Gasteiger partial charge in [0.2, 0.25) is 10.0 Å². The number of hydrogen-bond acceptors (Lipinski definition) is 7. The van der Waals surface area contributed by atoms with Crippen molar-refractivity contribution < 1.29 is 17.9 Å². The first-order chi connectivity index (χ1) is 14.5. The van der Waals surface area contributed by atoms with Gasteiger partial charge in [-0.15, -0.1) is 5.10 Å². The quantitative estimate of drug-likeness (QED) is 0.591. The van der Waals surface area contributed by atoms with Crippen molar-refractivity contribution in [2.75, 3.05) is 33.3 Å². The number of aromatic nitrogens is 4. The number of amides is 1. The van der Waals surface area contributed by atoms with Crippen LogP contribution in [0, 0.1) is 0 Å². The molecule has 0 unspecified atom stereocenters. The first kappa shape index (κ1) is 20.0. The second-order valence-electron chi connectivity index (χ2n) is 6.68. The van der Waals surface area contributed by atoms with Crippen molar-refractivity contribution >= 4 is 15.9 Å². The third kappa shape index (κ3) is 3.89. The number of rotatable bonds is 5. The number of piperazine rings is 1. The summed E-state index contributed by atoms with van der Waals surface area (Å²) in [5.41, 5.74) is 1.17. The first-order valence-corrected chi connectivity index (χ1v) is 10.7. The smallest absolute Gasteiger partial charge is 0.254 e.